The average molecular weight is 320 g/mol. The van der Waals surface area contributed by atoms with Crippen LogP contribution in [0.2, 0.25) is 5.02 Å². The van der Waals surface area contributed by atoms with E-state index < -0.39 is 5.97 Å². The molecule has 0 aliphatic heterocycles. The summed E-state index contributed by atoms with van der Waals surface area (Å²) in [6.45, 7) is 5.74. The summed E-state index contributed by atoms with van der Waals surface area (Å²) < 4.78 is 5.09. The van der Waals surface area contributed by atoms with E-state index in [0.29, 0.717) is 28.6 Å². The average Bonchev–Trinajstić information content (AvgIpc) is 2.46. The van der Waals surface area contributed by atoms with E-state index in [1.54, 1.807) is 32.0 Å². The number of hydrazine groups is 1. The third kappa shape index (κ3) is 3.89. The largest absolute Gasteiger partial charge is 0.462 e. The number of rotatable bonds is 5. The predicted molar refractivity (Wildman–Crippen MR) is 88.4 cm³/mol. The van der Waals surface area contributed by atoms with Gasteiger partial charge in [-0.1, -0.05) is 11.6 Å². The minimum absolute atomic E-state index is 0.316. The zero-order chi connectivity index (χ0) is 16.1. The van der Waals surface area contributed by atoms with Gasteiger partial charge in [-0.3, -0.25) is 10.4 Å². The number of carbonyl (C=O) groups excluding carboxylic acids is 1. The van der Waals surface area contributed by atoms with Gasteiger partial charge in [0.05, 0.1) is 23.7 Å². The standard InChI is InChI=1S/C16H18ClN3O2/c1-4-22-16(21)15-11(3)18-10(2)9-14(15)20-19-13-7-5-12(17)6-8-13/h5-9,19H,4H2,1-3H3,(H,18,20). The predicted octanol–water partition coefficient (Wildman–Crippen LogP) is 3.97. The summed E-state index contributed by atoms with van der Waals surface area (Å²) in [4.78, 5) is 16.4. The number of hydrogen-bond acceptors (Lipinski definition) is 5. The third-order valence-electron chi connectivity index (χ3n) is 2.99. The number of pyridine rings is 1. The number of ether oxygens (including phenoxy) is 1. The second kappa shape index (κ2) is 7.13. The highest BCUT2D eigenvalue weighted by molar-refractivity contribution is 6.30. The highest BCUT2D eigenvalue weighted by Crippen LogP contribution is 2.22. The van der Waals surface area contributed by atoms with E-state index in [0.717, 1.165) is 11.4 Å². The molecular formula is C16H18ClN3O2. The van der Waals surface area contributed by atoms with Gasteiger partial charge in [-0.2, -0.15) is 0 Å². The van der Waals surface area contributed by atoms with E-state index in [4.69, 9.17) is 16.3 Å². The molecule has 0 spiro atoms. The van der Waals surface area contributed by atoms with Crippen LogP contribution < -0.4 is 10.9 Å². The van der Waals surface area contributed by atoms with Crippen LogP contribution in [0.25, 0.3) is 0 Å². The molecule has 0 saturated carbocycles. The van der Waals surface area contributed by atoms with Crippen LogP contribution in [0.15, 0.2) is 30.3 Å². The summed E-state index contributed by atoms with van der Waals surface area (Å²) >= 11 is 5.85. The Hall–Kier alpha value is -2.27. The fourth-order valence-electron chi connectivity index (χ4n) is 2.06. The molecule has 1 aromatic heterocycles. The van der Waals surface area contributed by atoms with Crippen LogP contribution in [-0.2, 0) is 4.74 Å². The molecule has 0 atom stereocenters. The summed E-state index contributed by atoms with van der Waals surface area (Å²) in [5.74, 6) is -0.395. The lowest BCUT2D eigenvalue weighted by Gasteiger charge is -2.15. The Morgan fingerprint density at radius 3 is 2.55 bits per heavy atom. The normalized spacial score (nSPS) is 10.2. The minimum atomic E-state index is -0.395. The molecule has 0 aliphatic rings. The topological polar surface area (TPSA) is 63.2 Å². The van der Waals surface area contributed by atoms with Crippen LogP contribution in [0, 0.1) is 13.8 Å². The Kier molecular flexibility index (Phi) is 5.22. The molecule has 0 aliphatic carbocycles. The van der Waals surface area contributed by atoms with Gasteiger partial charge in [-0.15, -0.1) is 0 Å². The van der Waals surface area contributed by atoms with E-state index >= 15 is 0 Å². The van der Waals surface area contributed by atoms with Gasteiger partial charge in [0.1, 0.15) is 5.56 Å². The second-order valence-corrected chi connectivity index (χ2v) is 5.19. The van der Waals surface area contributed by atoms with Gasteiger partial charge in [0, 0.05) is 10.7 Å². The molecule has 2 rings (SSSR count). The molecule has 2 aromatic rings. The molecule has 0 fully saturated rings. The molecule has 2 N–H and O–H groups in total. The third-order valence-corrected chi connectivity index (χ3v) is 3.25. The van der Waals surface area contributed by atoms with Gasteiger partial charge in [0.25, 0.3) is 0 Å². The SMILES string of the molecule is CCOC(=O)c1c(NNc2ccc(Cl)cc2)cc(C)nc1C. The second-order valence-electron chi connectivity index (χ2n) is 4.75. The molecule has 0 saturated heterocycles. The lowest BCUT2D eigenvalue weighted by molar-refractivity contribution is 0.0526. The molecule has 1 aromatic carbocycles. The van der Waals surface area contributed by atoms with Crippen molar-refractivity contribution >= 4 is 28.9 Å². The number of halogens is 1. The number of benzene rings is 1. The first-order valence-electron chi connectivity index (χ1n) is 6.94. The van der Waals surface area contributed by atoms with Crippen LogP contribution in [0.4, 0.5) is 11.4 Å². The maximum Gasteiger partial charge on any atom is 0.342 e. The zero-order valence-electron chi connectivity index (χ0n) is 12.7. The summed E-state index contributed by atoms with van der Waals surface area (Å²) in [5, 5.41) is 0.661. The van der Waals surface area contributed by atoms with Gasteiger partial charge < -0.3 is 10.2 Å². The summed E-state index contributed by atoms with van der Waals surface area (Å²) in [6, 6.07) is 9.02. The number of nitrogens with one attached hydrogen (secondary N) is 2. The number of anilines is 2. The van der Waals surface area contributed by atoms with Crippen LogP contribution in [0.1, 0.15) is 28.7 Å². The molecule has 5 nitrogen and oxygen atoms in total. The maximum atomic E-state index is 12.1. The van der Waals surface area contributed by atoms with Crippen molar-refractivity contribution in [3.05, 3.63) is 52.3 Å². The van der Waals surface area contributed by atoms with E-state index in [1.807, 2.05) is 19.1 Å². The lowest BCUT2D eigenvalue weighted by atomic mass is 10.1. The highest BCUT2D eigenvalue weighted by Gasteiger charge is 2.17. The molecule has 116 valence electrons. The van der Waals surface area contributed by atoms with Crippen molar-refractivity contribution in [1.29, 1.82) is 0 Å². The van der Waals surface area contributed by atoms with Gasteiger partial charge in [0.15, 0.2) is 0 Å². The van der Waals surface area contributed by atoms with Crippen molar-refractivity contribution < 1.29 is 9.53 Å². The Morgan fingerprint density at radius 1 is 1.23 bits per heavy atom. The molecule has 0 unspecified atom stereocenters. The fourth-order valence-corrected chi connectivity index (χ4v) is 2.19. The summed E-state index contributed by atoms with van der Waals surface area (Å²) in [7, 11) is 0. The molecule has 22 heavy (non-hydrogen) atoms. The van der Waals surface area contributed by atoms with Gasteiger partial charge in [0.2, 0.25) is 0 Å². The van der Waals surface area contributed by atoms with Crippen LogP contribution in [0.3, 0.4) is 0 Å². The van der Waals surface area contributed by atoms with Crippen molar-refractivity contribution in [1.82, 2.24) is 4.98 Å². The van der Waals surface area contributed by atoms with E-state index in [9.17, 15) is 4.79 Å². The first kappa shape index (κ1) is 16.1. The van der Waals surface area contributed by atoms with E-state index in [-0.39, 0.29) is 0 Å². The van der Waals surface area contributed by atoms with Crippen molar-refractivity contribution in [3.63, 3.8) is 0 Å². The highest BCUT2D eigenvalue weighted by atomic mass is 35.5. The number of hydrogen-bond donors (Lipinski definition) is 2. The number of nitrogens with zero attached hydrogens (tertiary/aromatic N) is 1. The molecule has 1 heterocycles. The summed E-state index contributed by atoms with van der Waals surface area (Å²) in [6.07, 6.45) is 0. The van der Waals surface area contributed by atoms with Crippen molar-refractivity contribution in [3.8, 4) is 0 Å². The first-order valence-corrected chi connectivity index (χ1v) is 7.32. The van der Waals surface area contributed by atoms with Gasteiger partial charge >= 0.3 is 5.97 Å². The molecular weight excluding hydrogens is 302 g/mol. The lowest BCUT2D eigenvalue weighted by Crippen LogP contribution is -2.16. The Labute approximate surface area is 134 Å². The molecule has 6 heteroatoms. The van der Waals surface area contributed by atoms with Crippen molar-refractivity contribution in [2.24, 2.45) is 0 Å². The number of esters is 1. The molecule has 0 bridgehead atoms. The molecule has 0 amide bonds. The monoisotopic (exact) mass is 319 g/mol. The smallest absolute Gasteiger partial charge is 0.342 e. The van der Waals surface area contributed by atoms with E-state index in [2.05, 4.69) is 15.8 Å². The van der Waals surface area contributed by atoms with Crippen molar-refractivity contribution in [2.75, 3.05) is 17.5 Å². The number of carbonyl (C=O) groups is 1. The number of aromatic nitrogens is 1. The van der Waals surface area contributed by atoms with E-state index in [1.165, 1.54) is 0 Å². The fraction of sp³-hybridized carbons (Fsp3) is 0.250. The van der Waals surface area contributed by atoms with Gasteiger partial charge in [-0.05, 0) is 51.1 Å². The number of aryl methyl sites for hydroxylation is 2. The molecule has 0 radical (unpaired) electrons. The first-order chi connectivity index (χ1) is 10.5. The quantitative estimate of drug-likeness (QED) is 0.645. The maximum absolute atomic E-state index is 12.1. The van der Waals surface area contributed by atoms with Crippen molar-refractivity contribution in [2.45, 2.75) is 20.8 Å². The minimum Gasteiger partial charge on any atom is -0.462 e. The Balaban J connectivity index is 2.25. The van der Waals surface area contributed by atoms with Crippen LogP contribution in [-0.4, -0.2) is 17.6 Å². The van der Waals surface area contributed by atoms with Gasteiger partial charge in [-0.25, -0.2) is 4.79 Å². The Bertz CT molecular complexity index is 672. The van der Waals surface area contributed by atoms with Crippen LogP contribution in [0.5, 0.6) is 0 Å². The van der Waals surface area contributed by atoms with Crippen LogP contribution >= 0.6 is 11.6 Å². The zero-order valence-corrected chi connectivity index (χ0v) is 13.5. The Morgan fingerprint density at radius 2 is 1.91 bits per heavy atom. The summed E-state index contributed by atoms with van der Waals surface area (Å²) in [5.41, 5.74) is 9.38.